The molecule has 2 atom stereocenters. The molecule has 1 amide bonds. The number of aliphatic hydroxyl groups is 2. The maximum atomic E-state index is 10.7. The molecule has 0 heterocycles. The van der Waals surface area contributed by atoms with Crippen molar-refractivity contribution >= 4 is 21.8 Å². The van der Waals surface area contributed by atoms with Gasteiger partial charge in [0.1, 0.15) is 18.0 Å². The van der Waals surface area contributed by atoms with Crippen molar-refractivity contribution < 1.29 is 19.7 Å². The second-order valence-corrected chi connectivity index (χ2v) is 4.70. The Kier molecular flexibility index (Phi) is 5.58. The van der Waals surface area contributed by atoms with Crippen LogP contribution in [0.2, 0.25) is 0 Å². The molecule has 0 saturated heterocycles. The summed E-state index contributed by atoms with van der Waals surface area (Å²) in [5, 5.41) is 22.1. The normalized spacial score (nSPS) is 13.8. The van der Waals surface area contributed by atoms with Gasteiger partial charge in [-0.25, -0.2) is 0 Å². The van der Waals surface area contributed by atoms with Crippen molar-refractivity contribution in [1.82, 2.24) is 5.32 Å². The maximum Gasteiger partial charge on any atom is 0.216 e. The number of ether oxygens (including phenoxy) is 1. The number of nitrogens with one attached hydrogen (secondary N) is 1. The van der Waals surface area contributed by atoms with E-state index in [4.69, 9.17) is 4.74 Å². The summed E-state index contributed by atoms with van der Waals surface area (Å²) >= 11 is 3.30. The van der Waals surface area contributed by atoms with Crippen LogP contribution in [0.1, 0.15) is 18.6 Å². The van der Waals surface area contributed by atoms with E-state index in [-0.39, 0.29) is 12.5 Å². The molecule has 5 nitrogen and oxygen atoms in total. The minimum atomic E-state index is -1.08. The summed E-state index contributed by atoms with van der Waals surface area (Å²) in [6.07, 6.45) is -2.15. The van der Waals surface area contributed by atoms with Crippen molar-refractivity contribution in [2.24, 2.45) is 0 Å². The fourth-order valence-electron chi connectivity index (χ4n) is 1.44. The zero-order valence-corrected chi connectivity index (χ0v) is 11.8. The summed E-state index contributed by atoms with van der Waals surface area (Å²) < 4.78 is 5.87. The van der Waals surface area contributed by atoms with E-state index in [1.165, 1.54) is 14.0 Å². The standard InChI is InChI=1S/C12H16BrNO4/c1-7(15)14-6-10(16)12(17)8-3-4-9(13)11(5-8)18-2/h3-5,10,12,16-17H,6H2,1-2H3,(H,14,15). The van der Waals surface area contributed by atoms with Crippen LogP contribution in [0.15, 0.2) is 22.7 Å². The third-order valence-corrected chi connectivity index (χ3v) is 3.10. The minimum absolute atomic E-state index is 0.00508. The second-order valence-electron chi connectivity index (χ2n) is 3.84. The van der Waals surface area contributed by atoms with Crippen LogP contribution in [-0.4, -0.2) is 35.9 Å². The topological polar surface area (TPSA) is 78.8 Å². The van der Waals surface area contributed by atoms with Crippen molar-refractivity contribution in [1.29, 1.82) is 0 Å². The minimum Gasteiger partial charge on any atom is -0.496 e. The molecule has 1 aromatic rings. The van der Waals surface area contributed by atoms with Gasteiger partial charge in [-0.1, -0.05) is 6.07 Å². The number of carbonyl (C=O) groups is 1. The molecule has 0 radical (unpaired) electrons. The summed E-state index contributed by atoms with van der Waals surface area (Å²) in [4.78, 5) is 10.7. The molecule has 0 aliphatic heterocycles. The Hall–Kier alpha value is -1.11. The molecule has 0 bridgehead atoms. The van der Waals surface area contributed by atoms with E-state index in [1.807, 2.05) is 0 Å². The van der Waals surface area contributed by atoms with Crippen molar-refractivity contribution in [2.45, 2.75) is 19.1 Å². The first-order valence-electron chi connectivity index (χ1n) is 5.39. The lowest BCUT2D eigenvalue weighted by atomic mass is 10.0. The molecule has 1 rings (SSSR count). The number of rotatable bonds is 5. The fourth-order valence-corrected chi connectivity index (χ4v) is 1.85. The van der Waals surface area contributed by atoms with Crippen LogP contribution < -0.4 is 10.1 Å². The number of aliphatic hydroxyl groups excluding tert-OH is 2. The summed E-state index contributed by atoms with van der Waals surface area (Å²) in [5.74, 6) is 0.313. The van der Waals surface area contributed by atoms with Gasteiger partial charge in [0.25, 0.3) is 0 Å². The Morgan fingerprint density at radius 1 is 1.50 bits per heavy atom. The average molecular weight is 318 g/mol. The van der Waals surface area contributed by atoms with Crippen molar-refractivity contribution in [3.63, 3.8) is 0 Å². The maximum absolute atomic E-state index is 10.7. The van der Waals surface area contributed by atoms with Crippen LogP contribution in [0.4, 0.5) is 0 Å². The van der Waals surface area contributed by atoms with E-state index < -0.39 is 12.2 Å². The van der Waals surface area contributed by atoms with Crippen molar-refractivity contribution in [2.75, 3.05) is 13.7 Å². The second kappa shape index (κ2) is 6.72. The number of halogens is 1. The lowest BCUT2D eigenvalue weighted by Crippen LogP contribution is -2.34. The van der Waals surface area contributed by atoms with Crippen LogP contribution >= 0.6 is 15.9 Å². The quantitative estimate of drug-likeness (QED) is 0.756. The number of methoxy groups -OCH3 is 1. The molecule has 2 unspecified atom stereocenters. The number of hydrogen-bond donors (Lipinski definition) is 3. The number of hydrogen-bond acceptors (Lipinski definition) is 4. The van der Waals surface area contributed by atoms with Crippen molar-refractivity contribution in [3.05, 3.63) is 28.2 Å². The first-order valence-corrected chi connectivity index (χ1v) is 6.19. The lowest BCUT2D eigenvalue weighted by Gasteiger charge is -2.19. The Balaban J connectivity index is 2.76. The number of benzene rings is 1. The highest BCUT2D eigenvalue weighted by molar-refractivity contribution is 9.10. The molecule has 0 aliphatic carbocycles. The van der Waals surface area contributed by atoms with E-state index >= 15 is 0 Å². The van der Waals surface area contributed by atoms with Crippen LogP contribution in [0, 0.1) is 0 Å². The largest absolute Gasteiger partial charge is 0.496 e. The fraction of sp³-hybridized carbons (Fsp3) is 0.417. The van der Waals surface area contributed by atoms with Gasteiger partial charge in [-0.05, 0) is 33.6 Å². The number of amides is 1. The summed E-state index contributed by atoms with van der Waals surface area (Å²) in [5.41, 5.74) is 0.521. The first kappa shape index (κ1) is 14.9. The van der Waals surface area contributed by atoms with E-state index in [1.54, 1.807) is 18.2 Å². The van der Waals surface area contributed by atoms with Gasteiger partial charge >= 0.3 is 0 Å². The molecule has 3 N–H and O–H groups in total. The lowest BCUT2D eigenvalue weighted by molar-refractivity contribution is -0.119. The van der Waals surface area contributed by atoms with Crippen molar-refractivity contribution in [3.8, 4) is 5.75 Å². The molecule has 0 saturated carbocycles. The van der Waals surface area contributed by atoms with Crippen LogP contribution in [0.25, 0.3) is 0 Å². The third-order valence-electron chi connectivity index (χ3n) is 2.44. The Bertz CT molecular complexity index is 425. The van der Waals surface area contributed by atoms with Gasteiger partial charge in [-0.3, -0.25) is 4.79 Å². The molecule has 18 heavy (non-hydrogen) atoms. The zero-order valence-electron chi connectivity index (χ0n) is 10.2. The summed E-state index contributed by atoms with van der Waals surface area (Å²) in [6, 6.07) is 5.03. The predicted molar refractivity (Wildman–Crippen MR) is 70.3 cm³/mol. The molecule has 0 aliphatic rings. The molecular weight excluding hydrogens is 302 g/mol. The van der Waals surface area contributed by atoms with E-state index in [9.17, 15) is 15.0 Å². The SMILES string of the molecule is COc1cc(C(O)C(O)CNC(C)=O)ccc1Br. The number of carbonyl (C=O) groups excluding carboxylic acids is 1. The third kappa shape index (κ3) is 3.97. The predicted octanol–water partition coefficient (Wildman–Crippen LogP) is 0.988. The van der Waals surface area contributed by atoms with Crippen LogP contribution in [0.3, 0.4) is 0 Å². The van der Waals surface area contributed by atoms with Gasteiger partial charge in [0, 0.05) is 13.5 Å². The Labute approximate surface area is 114 Å². The van der Waals surface area contributed by atoms with E-state index in [2.05, 4.69) is 21.2 Å². The van der Waals surface area contributed by atoms with Gasteiger partial charge in [0.05, 0.1) is 11.6 Å². The highest BCUT2D eigenvalue weighted by Crippen LogP contribution is 2.29. The van der Waals surface area contributed by atoms with Crippen LogP contribution in [0.5, 0.6) is 5.75 Å². The van der Waals surface area contributed by atoms with Crippen LogP contribution in [-0.2, 0) is 4.79 Å². The van der Waals surface area contributed by atoms with Gasteiger partial charge < -0.3 is 20.3 Å². The van der Waals surface area contributed by atoms with E-state index in [0.717, 1.165) is 4.47 Å². The van der Waals surface area contributed by atoms with Gasteiger partial charge in [-0.2, -0.15) is 0 Å². The van der Waals surface area contributed by atoms with Gasteiger partial charge in [-0.15, -0.1) is 0 Å². The molecule has 0 aromatic heterocycles. The molecule has 0 fully saturated rings. The monoisotopic (exact) mass is 317 g/mol. The smallest absolute Gasteiger partial charge is 0.216 e. The zero-order chi connectivity index (χ0) is 13.7. The molecular formula is C12H16BrNO4. The van der Waals surface area contributed by atoms with Gasteiger partial charge in [0.15, 0.2) is 0 Å². The summed E-state index contributed by atoms with van der Waals surface area (Å²) in [7, 11) is 1.52. The molecule has 100 valence electrons. The van der Waals surface area contributed by atoms with Gasteiger partial charge in [0.2, 0.25) is 5.91 Å². The average Bonchev–Trinajstić information content (AvgIpc) is 2.35. The molecule has 1 aromatic carbocycles. The Morgan fingerprint density at radius 2 is 2.17 bits per heavy atom. The van der Waals surface area contributed by atoms with E-state index in [0.29, 0.717) is 11.3 Å². The molecule has 6 heteroatoms. The Morgan fingerprint density at radius 3 is 2.72 bits per heavy atom. The highest BCUT2D eigenvalue weighted by atomic mass is 79.9. The molecule has 0 spiro atoms. The summed E-state index contributed by atoms with van der Waals surface area (Å²) in [6.45, 7) is 1.34. The highest BCUT2D eigenvalue weighted by Gasteiger charge is 2.19. The first-order chi connectivity index (χ1) is 8.45.